The fourth-order valence-electron chi connectivity index (χ4n) is 1.21. The highest BCUT2D eigenvalue weighted by Gasteiger charge is 2.14. The van der Waals surface area contributed by atoms with Crippen molar-refractivity contribution < 1.29 is 4.79 Å². The van der Waals surface area contributed by atoms with Gasteiger partial charge in [-0.3, -0.25) is 4.79 Å². The minimum Gasteiger partial charge on any atom is -0.290 e. The van der Waals surface area contributed by atoms with Crippen molar-refractivity contribution in [2.45, 2.75) is 20.8 Å². The van der Waals surface area contributed by atoms with Crippen LogP contribution >= 0.6 is 0 Å². The zero-order valence-electron chi connectivity index (χ0n) is 8.69. The summed E-state index contributed by atoms with van der Waals surface area (Å²) in [5.74, 6) is 0.103. The molecule has 0 amide bonds. The van der Waals surface area contributed by atoms with Gasteiger partial charge in [0, 0.05) is 18.3 Å². The number of rotatable bonds is 3. The topological polar surface area (TPSA) is 42.9 Å². The lowest BCUT2D eigenvalue weighted by molar-refractivity contribution is 0.0942. The van der Waals surface area contributed by atoms with Gasteiger partial charge in [0.15, 0.2) is 5.82 Å². The highest BCUT2D eigenvalue weighted by molar-refractivity contribution is 5.95. The van der Waals surface area contributed by atoms with E-state index in [0.717, 1.165) is 5.57 Å². The molecule has 0 bridgehead atoms. The summed E-state index contributed by atoms with van der Waals surface area (Å²) < 4.78 is 0. The van der Waals surface area contributed by atoms with Crippen molar-refractivity contribution in [3.8, 4) is 0 Å². The summed E-state index contributed by atoms with van der Waals surface area (Å²) in [7, 11) is 0. The van der Waals surface area contributed by atoms with E-state index in [4.69, 9.17) is 0 Å². The van der Waals surface area contributed by atoms with Crippen LogP contribution in [0.3, 0.4) is 0 Å². The second-order valence-electron chi connectivity index (χ2n) is 3.47. The van der Waals surface area contributed by atoms with Gasteiger partial charge in [-0.25, -0.2) is 9.97 Å². The van der Waals surface area contributed by atoms with E-state index in [1.54, 1.807) is 18.5 Å². The zero-order chi connectivity index (χ0) is 10.6. The van der Waals surface area contributed by atoms with Crippen molar-refractivity contribution in [1.29, 1.82) is 0 Å². The van der Waals surface area contributed by atoms with Crippen molar-refractivity contribution in [3.63, 3.8) is 0 Å². The minimum atomic E-state index is -0.151. The number of carbonyl (C=O) groups excluding carboxylic acids is 1. The Kier molecular flexibility index (Phi) is 3.51. The molecule has 0 aromatic carbocycles. The lowest BCUT2D eigenvalue weighted by Gasteiger charge is -2.03. The van der Waals surface area contributed by atoms with Gasteiger partial charge in [0.1, 0.15) is 0 Å². The summed E-state index contributed by atoms with van der Waals surface area (Å²) in [4.78, 5) is 19.5. The maximum Gasteiger partial charge on any atom is 0.206 e. The van der Waals surface area contributed by atoms with Gasteiger partial charge in [0.2, 0.25) is 5.78 Å². The van der Waals surface area contributed by atoms with Crippen molar-refractivity contribution >= 4 is 5.78 Å². The van der Waals surface area contributed by atoms with Crippen LogP contribution < -0.4 is 0 Å². The molecule has 0 unspecified atom stereocenters. The minimum absolute atomic E-state index is 0.0354. The third-order valence-corrected chi connectivity index (χ3v) is 1.78. The number of hydrogen-bond donors (Lipinski definition) is 0. The molecule has 1 rings (SSSR count). The highest BCUT2D eigenvalue weighted by atomic mass is 16.1. The molecule has 0 aliphatic heterocycles. The number of allylic oxidation sites excluding steroid dienone is 2. The molecule has 1 heterocycles. The van der Waals surface area contributed by atoms with E-state index < -0.39 is 0 Å². The first-order valence-corrected chi connectivity index (χ1v) is 4.57. The van der Waals surface area contributed by atoms with Gasteiger partial charge in [-0.05, 0) is 19.9 Å². The maximum absolute atomic E-state index is 11.7. The summed E-state index contributed by atoms with van der Waals surface area (Å²) >= 11 is 0. The Bertz CT molecular complexity index is 340. The monoisotopic (exact) mass is 190 g/mol. The molecule has 0 N–H and O–H groups in total. The Morgan fingerprint density at radius 1 is 1.36 bits per heavy atom. The molecular weight excluding hydrogens is 176 g/mol. The normalized spacial score (nSPS) is 11.9. The first-order valence-electron chi connectivity index (χ1n) is 4.57. The number of nitrogens with zero attached hydrogens (tertiary/aromatic N) is 2. The van der Waals surface area contributed by atoms with Gasteiger partial charge < -0.3 is 0 Å². The molecule has 3 nitrogen and oxygen atoms in total. The van der Waals surface area contributed by atoms with Gasteiger partial charge in [0.25, 0.3) is 0 Å². The van der Waals surface area contributed by atoms with E-state index in [1.807, 2.05) is 26.8 Å². The lowest BCUT2D eigenvalue weighted by atomic mass is 10.0. The molecule has 3 heteroatoms. The van der Waals surface area contributed by atoms with Crippen molar-refractivity contribution in [3.05, 3.63) is 35.9 Å². The van der Waals surface area contributed by atoms with Crippen LogP contribution in [0.4, 0.5) is 0 Å². The van der Waals surface area contributed by atoms with E-state index in [9.17, 15) is 4.79 Å². The number of hydrogen-bond acceptors (Lipinski definition) is 3. The van der Waals surface area contributed by atoms with Crippen LogP contribution in [0.1, 0.15) is 31.4 Å². The Morgan fingerprint density at radius 2 is 1.93 bits per heavy atom. The van der Waals surface area contributed by atoms with Crippen LogP contribution in [0.15, 0.2) is 30.1 Å². The smallest absolute Gasteiger partial charge is 0.206 e. The predicted molar refractivity (Wildman–Crippen MR) is 55.0 cm³/mol. The summed E-state index contributed by atoms with van der Waals surface area (Å²) in [6, 6.07) is 1.70. The Hall–Kier alpha value is -1.51. The van der Waals surface area contributed by atoms with Gasteiger partial charge in [-0.1, -0.05) is 18.6 Å². The van der Waals surface area contributed by atoms with E-state index in [2.05, 4.69) is 9.97 Å². The Morgan fingerprint density at radius 3 is 2.43 bits per heavy atom. The standard InChI is InChI=1S/C11H14N2O/c1-8(2)7-9(3)10(14)11-12-5-4-6-13-11/h4-7,9H,1-3H3/t9-/m1/s1. The third kappa shape index (κ3) is 2.76. The van der Waals surface area contributed by atoms with E-state index in [0.29, 0.717) is 0 Å². The van der Waals surface area contributed by atoms with Gasteiger partial charge in [0.05, 0.1) is 0 Å². The fraction of sp³-hybridized carbons (Fsp3) is 0.364. The van der Waals surface area contributed by atoms with Gasteiger partial charge >= 0.3 is 0 Å². The first-order chi connectivity index (χ1) is 6.61. The summed E-state index contributed by atoms with van der Waals surface area (Å²) in [6.07, 6.45) is 5.07. The third-order valence-electron chi connectivity index (χ3n) is 1.78. The molecule has 0 saturated heterocycles. The molecule has 1 aromatic rings. The van der Waals surface area contributed by atoms with Crippen LogP contribution in [-0.2, 0) is 0 Å². The Labute approximate surface area is 83.9 Å². The molecule has 0 fully saturated rings. The van der Waals surface area contributed by atoms with Crippen molar-refractivity contribution in [2.75, 3.05) is 0 Å². The molecule has 1 aromatic heterocycles. The van der Waals surface area contributed by atoms with E-state index in [-0.39, 0.29) is 17.5 Å². The average Bonchev–Trinajstić information content (AvgIpc) is 2.17. The number of ketones is 1. The quantitative estimate of drug-likeness (QED) is 0.542. The molecule has 74 valence electrons. The van der Waals surface area contributed by atoms with Crippen LogP contribution in [0.5, 0.6) is 0 Å². The largest absolute Gasteiger partial charge is 0.290 e. The molecule has 0 aliphatic carbocycles. The molecular formula is C11H14N2O. The lowest BCUT2D eigenvalue weighted by Crippen LogP contribution is -2.12. The fourth-order valence-corrected chi connectivity index (χ4v) is 1.21. The average molecular weight is 190 g/mol. The second kappa shape index (κ2) is 4.65. The molecule has 0 aliphatic rings. The first kappa shape index (κ1) is 10.6. The number of aromatic nitrogens is 2. The van der Waals surface area contributed by atoms with Gasteiger partial charge in [-0.15, -0.1) is 0 Å². The summed E-state index contributed by atoms with van der Waals surface area (Å²) in [5.41, 5.74) is 1.13. The number of Topliss-reactive ketones (excluding diaryl/α,β-unsaturated/α-hetero) is 1. The van der Waals surface area contributed by atoms with Crippen LogP contribution in [0.2, 0.25) is 0 Å². The van der Waals surface area contributed by atoms with Crippen LogP contribution in [-0.4, -0.2) is 15.8 Å². The SMILES string of the molecule is CC(C)=C[C@@H](C)C(=O)c1ncccn1. The highest BCUT2D eigenvalue weighted by Crippen LogP contribution is 2.07. The predicted octanol–water partition coefficient (Wildman–Crippen LogP) is 2.26. The van der Waals surface area contributed by atoms with Gasteiger partial charge in [-0.2, -0.15) is 0 Å². The maximum atomic E-state index is 11.7. The Balaban J connectivity index is 2.82. The molecule has 14 heavy (non-hydrogen) atoms. The zero-order valence-corrected chi connectivity index (χ0v) is 8.69. The number of carbonyl (C=O) groups is 1. The molecule has 0 radical (unpaired) electrons. The van der Waals surface area contributed by atoms with E-state index >= 15 is 0 Å². The van der Waals surface area contributed by atoms with Crippen molar-refractivity contribution in [1.82, 2.24) is 9.97 Å². The van der Waals surface area contributed by atoms with E-state index in [1.165, 1.54) is 0 Å². The summed E-state index contributed by atoms with van der Waals surface area (Å²) in [5, 5.41) is 0. The summed E-state index contributed by atoms with van der Waals surface area (Å²) in [6.45, 7) is 5.79. The molecule has 1 atom stereocenters. The van der Waals surface area contributed by atoms with Crippen LogP contribution in [0, 0.1) is 5.92 Å². The van der Waals surface area contributed by atoms with Crippen LogP contribution in [0.25, 0.3) is 0 Å². The molecule has 0 spiro atoms. The molecule has 0 saturated carbocycles. The van der Waals surface area contributed by atoms with Crippen molar-refractivity contribution in [2.24, 2.45) is 5.92 Å². The second-order valence-corrected chi connectivity index (χ2v) is 3.47.